The van der Waals surface area contributed by atoms with Crippen LogP contribution in [0.5, 0.6) is 0 Å². The average molecular weight is 341 g/mol. The van der Waals surface area contributed by atoms with Gasteiger partial charge < -0.3 is 0 Å². The standard InChI is InChI=1S/C12H7BrClN3S/c13-8-4-3-7(6-9(8)14)11-15-12(17-16-11)10-2-1-5-18-10/h1-6H,(H,15,16,17). The highest BCUT2D eigenvalue weighted by atomic mass is 79.9. The summed E-state index contributed by atoms with van der Waals surface area (Å²) >= 11 is 11.0. The van der Waals surface area contributed by atoms with Crippen molar-refractivity contribution in [3.05, 3.63) is 45.2 Å². The van der Waals surface area contributed by atoms with Crippen LogP contribution in [0.1, 0.15) is 0 Å². The lowest BCUT2D eigenvalue weighted by atomic mass is 10.2. The van der Waals surface area contributed by atoms with E-state index in [4.69, 9.17) is 11.6 Å². The summed E-state index contributed by atoms with van der Waals surface area (Å²) in [5, 5.41) is 9.80. The maximum atomic E-state index is 6.06. The average Bonchev–Trinajstić information content (AvgIpc) is 3.01. The number of hydrogen-bond donors (Lipinski definition) is 1. The van der Waals surface area contributed by atoms with Gasteiger partial charge in [-0.1, -0.05) is 17.7 Å². The molecule has 0 fully saturated rings. The van der Waals surface area contributed by atoms with E-state index >= 15 is 0 Å². The zero-order chi connectivity index (χ0) is 12.5. The highest BCUT2D eigenvalue weighted by Gasteiger charge is 2.09. The number of aromatic amines is 1. The Kier molecular flexibility index (Phi) is 3.20. The lowest BCUT2D eigenvalue weighted by molar-refractivity contribution is 1.10. The van der Waals surface area contributed by atoms with Crippen LogP contribution in [0.3, 0.4) is 0 Å². The maximum Gasteiger partial charge on any atom is 0.181 e. The molecule has 0 atom stereocenters. The third-order valence-electron chi connectivity index (χ3n) is 2.42. The molecule has 0 aliphatic carbocycles. The lowest BCUT2D eigenvalue weighted by Gasteiger charge is -1.98. The van der Waals surface area contributed by atoms with Crippen molar-refractivity contribution in [3.63, 3.8) is 0 Å². The van der Waals surface area contributed by atoms with Crippen molar-refractivity contribution >= 4 is 38.9 Å². The predicted molar refractivity (Wildman–Crippen MR) is 77.8 cm³/mol. The molecule has 1 aromatic carbocycles. The fraction of sp³-hybridized carbons (Fsp3) is 0. The normalized spacial score (nSPS) is 10.8. The first-order valence-corrected chi connectivity index (χ1v) is 7.21. The Bertz CT molecular complexity index is 678. The van der Waals surface area contributed by atoms with Crippen LogP contribution in [-0.2, 0) is 0 Å². The van der Waals surface area contributed by atoms with Crippen LogP contribution in [-0.4, -0.2) is 15.2 Å². The van der Waals surface area contributed by atoms with E-state index < -0.39 is 0 Å². The largest absolute Gasteiger partial charge is 0.258 e. The van der Waals surface area contributed by atoms with Gasteiger partial charge in [-0.15, -0.1) is 11.3 Å². The molecule has 0 bridgehead atoms. The summed E-state index contributed by atoms with van der Waals surface area (Å²) in [5.41, 5.74) is 0.891. The van der Waals surface area contributed by atoms with Crippen molar-refractivity contribution in [1.29, 1.82) is 0 Å². The molecule has 3 rings (SSSR count). The minimum Gasteiger partial charge on any atom is -0.258 e. The predicted octanol–water partition coefficient (Wildman–Crippen LogP) is 4.62. The highest BCUT2D eigenvalue weighted by Crippen LogP contribution is 2.28. The molecule has 0 aliphatic heterocycles. The smallest absolute Gasteiger partial charge is 0.181 e. The van der Waals surface area contributed by atoms with E-state index in [-0.39, 0.29) is 0 Å². The van der Waals surface area contributed by atoms with E-state index in [1.807, 2.05) is 35.7 Å². The van der Waals surface area contributed by atoms with Crippen molar-refractivity contribution in [3.8, 4) is 22.1 Å². The molecule has 6 heteroatoms. The van der Waals surface area contributed by atoms with Crippen LogP contribution in [0.25, 0.3) is 22.1 Å². The first kappa shape index (κ1) is 11.9. The van der Waals surface area contributed by atoms with Gasteiger partial charge in [-0.05, 0) is 45.6 Å². The number of hydrogen-bond acceptors (Lipinski definition) is 3. The van der Waals surface area contributed by atoms with Gasteiger partial charge in [0.15, 0.2) is 11.6 Å². The second-order valence-corrected chi connectivity index (χ2v) is 5.82. The SMILES string of the molecule is Clc1cc(-c2n[nH]c(-c3cccs3)n2)ccc1Br. The Balaban J connectivity index is 2.00. The van der Waals surface area contributed by atoms with Gasteiger partial charge in [0, 0.05) is 10.0 Å². The second-order valence-electron chi connectivity index (χ2n) is 3.61. The third-order valence-corrected chi connectivity index (χ3v) is 4.53. The number of rotatable bonds is 2. The molecule has 1 N–H and O–H groups in total. The molecule has 0 amide bonds. The Morgan fingerprint density at radius 2 is 2.17 bits per heavy atom. The molecule has 0 aliphatic rings. The zero-order valence-electron chi connectivity index (χ0n) is 9.02. The first-order valence-electron chi connectivity index (χ1n) is 5.16. The van der Waals surface area contributed by atoms with E-state index in [1.54, 1.807) is 11.3 Å². The van der Waals surface area contributed by atoms with E-state index in [0.717, 1.165) is 20.7 Å². The van der Waals surface area contributed by atoms with Crippen molar-refractivity contribution in [2.45, 2.75) is 0 Å². The third kappa shape index (κ3) is 2.21. The first-order chi connectivity index (χ1) is 8.74. The minimum absolute atomic E-state index is 0.646. The Hall–Kier alpha value is -1.17. The molecule has 0 saturated heterocycles. The topological polar surface area (TPSA) is 41.6 Å². The molecule has 3 aromatic rings. The van der Waals surface area contributed by atoms with Crippen LogP contribution in [0.15, 0.2) is 40.2 Å². The van der Waals surface area contributed by atoms with Gasteiger partial charge in [-0.25, -0.2) is 4.98 Å². The summed E-state index contributed by atoms with van der Waals surface area (Å²) in [5.74, 6) is 1.42. The molecule has 2 heterocycles. The summed E-state index contributed by atoms with van der Waals surface area (Å²) in [6, 6.07) is 9.64. The van der Waals surface area contributed by atoms with Gasteiger partial charge in [-0.3, -0.25) is 5.10 Å². The zero-order valence-corrected chi connectivity index (χ0v) is 12.2. The Morgan fingerprint density at radius 1 is 1.28 bits per heavy atom. The maximum absolute atomic E-state index is 6.06. The van der Waals surface area contributed by atoms with Crippen molar-refractivity contribution in [2.75, 3.05) is 0 Å². The number of nitrogens with zero attached hydrogens (tertiary/aromatic N) is 2. The Morgan fingerprint density at radius 3 is 2.89 bits per heavy atom. The van der Waals surface area contributed by atoms with Crippen molar-refractivity contribution < 1.29 is 0 Å². The molecular weight excluding hydrogens is 334 g/mol. The van der Waals surface area contributed by atoms with Gasteiger partial charge in [0.05, 0.1) is 9.90 Å². The summed E-state index contributed by atoms with van der Waals surface area (Å²) in [6.07, 6.45) is 0. The van der Waals surface area contributed by atoms with Gasteiger partial charge in [0.25, 0.3) is 0 Å². The molecule has 0 unspecified atom stereocenters. The molecule has 0 saturated carbocycles. The van der Waals surface area contributed by atoms with E-state index in [0.29, 0.717) is 10.8 Å². The van der Waals surface area contributed by atoms with Crippen molar-refractivity contribution in [1.82, 2.24) is 15.2 Å². The fourth-order valence-electron chi connectivity index (χ4n) is 1.55. The van der Waals surface area contributed by atoms with Crippen LogP contribution >= 0.6 is 38.9 Å². The molecule has 0 radical (unpaired) electrons. The molecule has 0 spiro atoms. The minimum atomic E-state index is 0.646. The van der Waals surface area contributed by atoms with Gasteiger partial charge in [0.2, 0.25) is 0 Å². The molecular formula is C12H7BrClN3S. The number of benzene rings is 1. The monoisotopic (exact) mass is 339 g/mol. The molecule has 3 nitrogen and oxygen atoms in total. The van der Waals surface area contributed by atoms with E-state index in [9.17, 15) is 0 Å². The van der Waals surface area contributed by atoms with Crippen LogP contribution in [0.4, 0.5) is 0 Å². The number of H-pyrrole nitrogens is 1. The number of halogens is 2. The number of aromatic nitrogens is 3. The summed E-state index contributed by atoms with van der Waals surface area (Å²) in [6.45, 7) is 0. The van der Waals surface area contributed by atoms with Gasteiger partial charge in [-0.2, -0.15) is 5.10 Å². The molecule has 18 heavy (non-hydrogen) atoms. The molecule has 2 aromatic heterocycles. The van der Waals surface area contributed by atoms with Crippen LogP contribution in [0, 0.1) is 0 Å². The van der Waals surface area contributed by atoms with Gasteiger partial charge in [0.1, 0.15) is 0 Å². The fourth-order valence-corrected chi connectivity index (χ4v) is 2.64. The number of nitrogens with one attached hydrogen (secondary N) is 1. The van der Waals surface area contributed by atoms with Gasteiger partial charge >= 0.3 is 0 Å². The van der Waals surface area contributed by atoms with Crippen LogP contribution < -0.4 is 0 Å². The van der Waals surface area contributed by atoms with Crippen molar-refractivity contribution in [2.24, 2.45) is 0 Å². The summed E-state index contributed by atoms with van der Waals surface area (Å²) in [4.78, 5) is 5.53. The summed E-state index contributed by atoms with van der Waals surface area (Å²) in [7, 11) is 0. The van der Waals surface area contributed by atoms with Crippen LogP contribution in [0.2, 0.25) is 5.02 Å². The quantitative estimate of drug-likeness (QED) is 0.740. The number of thiophene rings is 1. The molecule has 90 valence electrons. The Labute approximate surface area is 121 Å². The van der Waals surface area contributed by atoms with E-state index in [2.05, 4.69) is 31.1 Å². The highest BCUT2D eigenvalue weighted by molar-refractivity contribution is 9.10. The second kappa shape index (κ2) is 4.84. The lowest BCUT2D eigenvalue weighted by Crippen LogP contribution is -1.81. The van der Waals surface area contributed by atoms with E-state index in [1.165, 1.54) is 0 Å². The summed E-state index contributed by atoms with van der Waals surface area (Å²) < 4.78 is 0.863.